The van der Waals surface area contributed by atoms with Crippen LogP contribution in [-0.4, -0.2) is 25.7 Å². The third-order valence-corrected chi connectivity index (χ3v) is 4.26. The molecule has 3 N–H and O–H groups in total. The fraction of sp³-hybridized carbons (Fsp3) is 0.105. The van der Waals surface area contributed by atoms with E-state index < -0.39 is 0 Å². The Bertz CT molecular complexity index is 1130. The number of hydrogen-bond donors (Lipinski definition) is 3. The molecule has 4 rings (SSSR count). The molecular weight excluding hydrogens is 330 g/mol. The average molecular weight is 347 g/mol. The molecule has 0 unspecified atom stereocenters. The van der Waals surface area contributed by atoms with Crippen LogP contribution in [0.2, 0.25) is 0 Å². The van der Waals surface area contributed by atoms with E-state index in [0.717, 1.165) is 27.7 Å². The van der Waals surface area contributed by atoms with Gasteiger partial charge in [0.2, 0.25) is 5.56 Å². The molecule has 26 heavy (non-hydrogen) atoms. The van der Waals surface area contributed by atoms with Gasteiger partial charge in [0.25, 0.3) is 5.91 Å². The molecule has 0 saturated heterocycles. The Balaban J connectivity index is 1.54. The molecule has 1 aromatic carbocycles. The van der Waals surface area contributed by atoms with Crippen LogP contribution in [0.1, 0.15) is 16.1 Å². The maximum absolute atomic E-state index is 12.4. The molecule has 7 heteroatoms. The molecule has 0 saturated carbocycles. The largest absolute Gasteiger partial charge is 0.361 e. The molecule has 3 heterocycles. The Morgan fingerprint density at radius 1 is 1.15 bits per heavy atom. The van der Waals surface area contributed by atoms with Crippen LogP contribution in [0.25, 0.3) is 22.2 Å². The van der Waals surface area contributed by atoms with Crippen molar-refractivity contribution in [2.75, 3.05) is 0 Å². The standard InChI is InChI=1S/C19H17N5O2/c1-24-17(14-3-4-15-13(8-14)6-7-20-15)9-16(23-24)19(26)22-11-12-2-5-18(25)21-10-12/h2-10,20H,11H2,1H3,(H,21,25)(H,22,26). The first-order valence-electron chi connectivity index (χ1n) is 8.17. The zero-order chi connectivity index (χ0) is 18.1. The van der Waals surface area contributed by atoms with Gasteiger partial charge in [-0.25, -0.2) is 0 Å². The molecule has 1 amide bonds. The second-order valence-corrected chi connectivity index (χ2v) is 6.06. The summed E-state index contributed by atoms with van der Waals surface area (Å²) in [6.45, 7) is 0.316. The lowest BCUT2D eigenvalue weighted by atomic mass is 10.1. The summed E-state index contributed by atoms with van der Waals surface area (Å²) in [5, 5.41) is 8.23. The summed E-state index contributed by atoms with van der Waals surface area (Å²) in [5.41, 5.74) is 3.91. The number of carbonyl (C=O) groups excluding carboxylic acids is 1. The second-order valence-electron chi connectivity index (χ2n) is 6.06. The molecule has 0 aliphatic heterocycles. The summed E-state index contributed by atoms with van der Waals surface area (Å²) < 4.78 is 1.70. The van der Waals surface area contributed by atoms with E-state index in [0.29, 0.717) is 12.2 Å². The zero-order valence-corrected chi connectivity index (χ0v) is 14.1. The second kappa shape index (κ2) is 6.36. The van der Waals surface area contributed by atoms with Crippen LogP contribution in [0.15, 0.2) is 59.7 Å². The highest BCUT2D eigenvalue weighted by atomic mass is 16.2. The Kier molecular flexibility index (Phi) is 3.89. The van der Waals surface area contributed by atoms with E-state index in [4.69, 9.17) is 0 Å². The number of benzene rings is 1. The van der Waals surface area contributed by atoms with E-state index in [9.17, 15) is 9.59 Å². The fourth-order valence-electron chi connectivity index (χ4n) is 2.89. The van der Waals surface area contributed by atoms with Crippen LogP contribution in [-0.2, 0) is 13.6 Å². The van der Waals surface area contributed by atoms with E-state index in [1.54, 1.807) is 23.0 Å². The van der Waals surface area contributed by atoms with Gasteiger partial charge in [-0.2, -0.15) is 5.10 Å². The summed E-state index contributed by atoms with van der Waals surface area (Å²) in [7, 11) is 1.81. The quantitative estimate of drug-likeness (QED) is 0.528. The first-order chi connectivity index (χ1) is 12.6. The molecule has 0 radical (unpaired) electrons. The van der Waals surface area contributed by atoms with Crippen LogP contribution >= 0.6 is 0 Å². The number of carbonyl (C=O) groups is 1. The smallest absolute Gasteiger partial charge is 0.272 e. The van der Waals surface area contributed by atoms with Gasteiger partial charge < -0.3 is 15.3 Å². The minimum Gasteiger partial charge on any atom is -0.361 e. The monoisotopic (exact) mass is 347 g/mol. The van der Waals surface area contributed by atoms with E-state index >= 15 is 0 Å². The predicted molar refractivity (Wildman–Crippen MR) is 98.7 cm³/mol. The van der Waals surface area contributed by atoms with Gasteiger partial charge in [-0.1, -0.05) is 12.1 Å². The van der Waals surface area contributed by atoms with Gasteiger partial charge in [-0.05, 0) is 29.8 Å². The maximum Gasteiger partial charge on any atom is 0.272 e. The molecule has 4 aromatic rings. The molecule has 0 bridgehead atoms. The first-order valence-corrected chi connectivity index (χ1v) is 8.17. The Labute approximate surface area is 148 Å². The van der Waals surface area contributed by atoms with Crippen LogP contribution in [0.5, 0.6) is 0 Å². The third-order valence-electron chi connectivity index (χ3n) is 4.26. The Morgan fingerprint density at radius 3 is 2.85 bits per heavy atom. The van der Waals surface area contributed by atoms with Crippen LogP contribution in [0, 0.1) is 0 Å². The molecular formula is C19H17N5O2. The van der Waals surface area contributed by atoms with Crippen LogP contribution in [0.4, 0.5) is 0 Å². The molecule has 3 aromatic heterocycles. The van der Waals surface area contributed by atoms with Crippen LogP contribution < -0.4 is 10.9 Å². The molecule has 7 nitrogen and oxygen atoms in total. The van der Waals surface area contributed by atoms with Gasteiger partial charge >= 0.3 is 0 Å². The number of pyridine rings is 1. The average Bonchev–Trinajstić information content (AvgIpc) is 3.26. The number of hydrogen-bond acceptors (Lipinski definition) is 3. The highest BCUT2D eigenvalue weighted by molar-refractivity contribution is 5.94. The van der Waals surface area contributed by atoms with Gasteiger partial charge in [-0.3, -0.25) is 14.3 Å². The number of nitrogens with one attached hydrogen (secondary N) is 3. The Morgan fingerprint density at radius 2 is 2.04 bits per heavy atom. The summed E-state index contributed by atoms with van der Waals surface area (Å²) in [5.74, 6) is -0.263. The van der Waals surface area contributed by atoms with Crippen LogP contribution in [0.3, 0.4) is 0 Å². The number of amides is 1. The number of nitrogens with zero attached hydrogens (tertiary/aromatic N) is 2. The maximum atomic E-state index is 12.4. The molecule has 0 aliphatic rings. The van der Waals surface area contributed by atoms with Crippen molar-refractivity contribution >= 4 is 16.8 Å². The van der Waals surface area contributed by atoms with Crippen molar-refractivity contribution < 1.29 is 4.79 Å². The van der Waals surface area contributed by atoms with Gasteiger partial charge in [0.1, 0.15) is 0 Å². The molecule has 130 valence electrons. The number of H-pyrrole nitrogens is 2. The molecule has 0 aliphatic carbocycles. The highest BCUT2D eigenvalue weighted by Gasteiger charge is 2.14. The summed E-state index contributed by atoms with van der Waals surface area (Å²) >= 11 is 0. The first kappa shape index (κ1) is 15.9. The highest BCUT2D eigenvalue weighted by Crippen LogP contribution is 2.24. The normalized spacial score (nSPS) is 11.0. The SMILES string of the molecule is Cn1nc(C(=O)NCc2ccc(=O)[nH]c2)cc1-c1ccc2[nH]ccc2c1. The van der Waals surface area contributed by atoms with Crippen molar-refractivity contribution in [2.45, 2.75) is 6.54 Å². The van der Waals surface area contributed by atoms with Gasteiger partial charge in [0.05, 0.1) is 5.69 Å². The predicted octanol–water partition coefficient (Wildman–Crippen LogP) is 2.19. The van der Waals surface area contributed by atoms with Gasteiger partial charge in [0.15, 0.2) is 5.69 Å². The van der Waals surface area contributed by atoms with E-state index in [2.05, 4.69) is 26.4 Å². The summed E-state index contributed by atoms with van der Waals surface area (Å²) in [6, 6.07) is 13.0. The lowest BCUT2D eigenvalue weighted by Gasteiger charge is -2.02. The summed E-state index contributed by atoms with van der Waals surface area (Å²) in [6.07, 6.45) is 3.48. The molecule has 0 atom stereocenters. The minimum absolute atomic E-state index is 0.172. The lowest BCUT2D eigenvalue weighted by Crippen LogP contribution is -2.23. The summed E-state index contributed by atoms with van der Waals surface area (Å²) in [4.78, 5) is 29.2. The van der Waals surface area contributed by atoms with E-state index in [1.165, 1.54) is 6.07 Å². The zero-order valence-electron chi connectivity index (χ0n) is 14.1. The fourth-order valence-corrected chi connectivity index (χ4v) is 2.89. The number of aryl methyl sites for hydroxylation is 1. The lowest BCUT2D eigenvalue weighted by molar-refractivity contribution is 0.0945. The third kappa shape index (κ3) is 3.02. The van der Waals surface area contributed by atoms with E-state index in [1.807, 2.05) is 31.4 Å². The number of rotatable bonds is 4. The van der Waals surface area contributed by atoms with Crippen molar-refractivity contribution in [1.82, 2.24) is 25.1 Å². The number of aromatic amines is 2. The topological polar surface area (TPSA) is 95.6 Å². The van der Waals surface area contributed by atoms with Gasteiger partial charge in [0, 0.05) is 48.5 Å². The molecule has 0 spiro atoms. The van der Waals surface area contributed by atoms with Crippen molar-refractivity contribution in [1.29, 1.82) is 0 Å². The van der Waals surface area contributed by atoms with Crippen molar-refractivity contribution in [3.8, 4) is 11.3 Å². The number of aromatic nitrogens is 4. The molecule has 0 fully saturated rings. The van der Waals surface area contributed by atoms with E-state index in [-0.39, 0.29) is 11.5 Å². The minimum atomic E-state index is -0.263. The van der Waals surface area contributed by atoms with Crippen molar-refractivity contribution in [3.63, 3.8) is 0 Å². The Hall–Kier alpha value is -3.61. The van der Waals surface area contributed by atoms with Crippen molar-refractivity contribution in [3.05, 3.63) is 76.5 Å². The van der Waals surface area contributed by atoms with Gasteiger partial charge in [-0.15, -0.1) is 0 Å². The van der Waals surface area contributed by atoms with Crippen molar-refractivity contribution in [2.24, 2.45) is 7.05 Å². The number of fused-ring (bicyclic) bond motifs is 1.